The summed E-state index contributed by atoms with van der Waals surface area (Å²) in [4.78, 5) is 7.08. The van der Waals surface area contributed by atoms with Crippen molar-refractivity contribution in [3.63, 3.8) is 0 Å². The van der Waals surface area contributed by atoms with Gasteiger partial charge in [0.1, 0.15) is 5.65 Å². The number of aromatic nitrogens is 2. The van der Waals surface area contributed by atoms with Crippen LogP contribution < -0.4 is 0 Å². The van der Waals surface area contributed by atoms with E-state index in [4.69, 9.17) is 4.98 Å². The van der Waals surface area contributed by atoms with Crippen LogP contribution >= 0.6 is 0 Å². The number of benzene rings is 1. The molecule has 0 unspecified atom stereocenters. The van der Waals surface area contributed by atoms with Gasteiger partial charge in [0.05, 0.1) is 11.4 Å². The average Bonchev–Trinajstić information content (AvgIpc) is 2.84. The molecule has 0 radical (unpaired) electrons. The van der Waals surface area contributed by atoms with Crippen LogP contribution in [0.2, 0.25) is 0 Å². The number of fused-ring (bicyclic) bond motifs is 1. The van der Waals surface area contributed by atoms with Gasteiger partial charge in [0.25, 0.3) is 0 Å². The van der Waals surface area contributed by atoms with Gasteiger partial charge < -0.3 is 9.30 Å². The van der Waals surface area contributed by atoms with Crippen LogP contribution in [0.4, 0.5) is 0 Å². The second kappa shape index (κ2) is 5.93. The van der Waals surface area contributed by atoms with Crippen molar-refractivity contribution in [1.82, 2.24) is 14.3 Å². The van der Waals surface area contributed by atoms with Crippen molar-refractivity contribution < 1.29 is 0 Å². The summed E-state index contributed by atoms with van der Waals surface area (Å²) in [5.74, 6) is 0. The van der Waals surface area contributed by atoms with E-state index in [1.54, 1.807) is 0 Å². The molecule has 0 spiro atoms. The van der Waals surface area contributed by atoms with E-state index in [1.807, 2.05) is 0 Å². The normalized spacial score (nSPS) is 11.5. The van der Waals surface area contributed by atoms with Crippen LogP contribution in [-0.2, 0) is 13.0 Å². The minimum Gasteiger partial charge on any atom is -0.304 e. The molecule has 0 aliphatic carbocycles. The lowest BCUT2D eigenvalue weighted by molar-refractivity contribution is 0.396. The molecule has 3 rings (SSSR count). The molecule has 1 aromatic carbocycles. The lowest BCUT2D eigenvalue weighted by atomic mass is 10.1. The Hall–Kier alpha value is -2.13. The third-order valence-electron chi connectivity index (χ3n) is 3.98. The van der Waals surface area contributed by atoms with E-state index in [-0.39, 0.29) is 0 Å². The summed E-state index contributed by atoms with van der Waals surface area (Å²) in [7, 11) is 4.19. The summed E-state index contributed by atoms with van der Waals surface area (Å²) in [6, 6.07) is 13.0. The van der Waals surface area contributed by atoms with E-state index in [9.17, 15) is 0 Å². The minimum atomic E-state index is 0.870. The smallest absolute Gasteiger partial charge is 0.137 e. The molecule has 22 heavy (non-hydrogen) atoms. The molecule has 0 atom stereocenters. The van der Waals surface area contributed by atoms with Crippen molar-refractivity contribution in [3.05, 3.63) is 59.4 Å². The zero-order valence-electron chi connectivity index (χ0n) is 13.8. The molecule has 2 aromatic heterocycles. The first kappa shape index (κ1) is 14.8. The Kier molecular flexibility index (Phi) is 3.99. The quantitative estimate of drug-likeness (QED) is 0.726. The highest BCUT2D eigenvalue weighted by Gasteiger charge is 2.14. The van der Waals surface area contributed by atoms with Crippen LogP contribution in [-0.4, -0.2) is 28.4 Å². The molecule has 0 amide bonds. The Morgan fingerprint density at radius 3 is 2.45 bits per heavy atom. The number of hydrogen-bond acceptors (Lipinski definition) is 2. The number of pyridine rings is 1. The molecule has 3 heteroatoms. The Balaban J connectivity index is 2.17. The van der Waals surface area contributed by atoms with E-state index in [0.717, 1.165) is 24.3 Å². The lowest BCUT2D eigenvalue weighted by Gasteiger charge is -2.11. The highest BCUT2D eigenvalue weighted by atomic mass is 15.1. The largest absolute Gasteiger partial charge is 0.304 e. The molecule has 0 saturated heterocycles. The highest BCUT2D eigenvalue weighted by molar-refractivity contribution is 5.67. The number of rotatable bonds is 4. The van der Waals surface area contributed by atoms with Crippen LogP contribution in [0.1, 0.15) is 23.7 Å². The van der Waals surface area contributed by atoms with Gasteiger partial charge in [-0.1, -0.05) is 31.2 Å². The van der Waals surface area contributed by atoms with E-state index in [1.165, 1.54) is 22.4 Å². The highest BCUT2D eigenvalue weighted by Crippen LogP contribution is 2.26. The summed E-state index contributed by atoms with van der Waals surface area (Å²) in [5.41, 5.74) is 7.13. The van der Waals surface area contributed by atoms with Crippen LogP contribution in [0.15, 0.2) is 42.6 Å². The maximum absolute atomic E-state index is 4.89. The molecule has 0 fully saturated rings. The van der Waals surface area contributed by atoms with Crippen molar-refractivity contribution >= 4 is 5.65 Å². The van der Waals surface area contributed by atoms with E-state index in [0.29, 0.717) is 0 Å². The second-order valence-electron chi connectivity index (χ2n) is 6.13. The van der Waals surface area contributed by atoms with Gasteiger partial charge in [-0.05, 0) is 50.7 Å². The minimum absolute atomic E-state index is 0.870. The molecule has 114 valence electrons. The van der Waals surface area contributed by atoms with Crippen LogP contribution in [0.5, 0.6) is 0 Å². The van der Waals surface area contributed by atoms with Crippen molar-refractivity contribution in [3.8, 4) is 11.3 Å². The maximum atomic E-state index is 4.89. The van der Waals surface area contributed by atoms with Gasteiger partial charge in [0.2, 0.25) is 0 Å². The molecule has 0 bridgehead atoms. The first-order valence-corrected chi connectivity index (χ1v) is 7.80. The van der Waals surface area contributed by atoms with Crippen LogP contribution in [0.25, 0.3) is 16.9 Å². The molecular formula is C19H23N3. The zero-order chi connectivity index (χ0) is 15.7. The Morgan fingerprint density at radius 2 is 1.82 bits per heavy atom. The van der Waals surface area contributed by atoms with Gasteiger partial charge in [-0.15, -0.1) is 0 Å². The molecule has 3 nitrogen and oxygen atoms in total. The predicted octanol–water partition coefficient (Wildman–Crippen LogP) is 3.93. The van der Waals surface area contributed by atoms with Gasteiger partial charge in [-0.25, -0.2) is 4.98 Å². The Labute approximate surface area is 132 Å². The summed E-state index contributed by atoms with van der Waals surface area (Å²) >= 11 is 0. The summed E-state index contributed by atoms with van der Waals surface area (Å²) in [6.45, 7) is 5.16. The third-order valence-corrected chi connectivity index (χ3v) is 3.98. The zero-order valence-corrected chi connectivity index (χ0v) is 13.8. The van der Waals surface area contributed by atoms with Crippen molar-refractivity contribution in [2.24, 2.45) is 0 Å². The van der Waals surface area contributed by atoms with Crippen LogP contribution in [0, 0.1) is 6.92 Å². The molecule has 0 N–H and O–H groups in total. The second-order valence-corrected chi connectivity index (χ2v) is 6.13. The number of hydrogen-bond donors (Lipinski definition) is 0. The van der Waals surface area contributed by atoms with Gasteiger partial charge in [-0.2, -0.15) is 0 Å². The van der Waals surface area contributed by atoms with Gasteiger partial charge in [0.15, 0.2) is 0 Å². The third kappa shape index (κ3) is 2.77. The van der Waals surface area contributed by atoms with Gasteiger partial charge in [0, 0.05) is 18.3 Å². The fourth-order valence-electron chi connectivity index (χ4n) is 2.78. The van der Waals surface area contributed by atoms with E-state index in [2.05, 4.69) is 79.8 Å². The summed E-state index contributed by atoms with van der Waals surface area (Å²) < 4.78 is 2.20. The van der Waals surface area contributed by atoms with Crippen molar-refractivity contribution in [1.29, 1.82) is 0 Å². The Bertz CT molecular complexity index is 782. The van der Waals surface area contributed by atoms with Gasteiger partial charge >= 0.3 is 0 Å². The predicted molar refractivity (Wildman–Crippen MR) is 92.1 cm³/mol. The number of aryl methyl sites for hydroxylation is 2. The lowest BCUT2D eigenvalue weighted by Crippen LogP contribution is -2.13. The fourth-order valence-corrected chi connectivity index (χ4v) is 2.78. The number of imidazole rings is 1. The standard InChI is InChI=1S/C19H23N3/c1-5-15-6-8-16(9-7-15)19-17(13-21(3)4)22-11-10-14(2)12-18(22)20-19/h6-12H,5,13H2,1-4H3. The van der Waals surface area contributed by atoms with Crippen molar-refractivity contribution in [2.45, 2.75) is 26.8 Å². The SMILES string of the molecule is CCc1ccc(-c2nc3cc(C)ccn3c2CN(C)C)cc1. The maximum Gasteiger partial charge on any atom is 0.137 e. The van der Waals surface area contributed by atoms with Gasteiger partial charge in [-0.3, -0.25) is 0 Å². The topological polar surface area (TPSA) is 20.5 Å². The average molecular weight is 293 g/mol. The molecule has 3 aromatic rings. The molecular weight excluding hydrogens is 270 g/mol. The Morgan fingerprint density at radius 1 is 1.09 bits per heavy atom. The molecule has 2 heterocycles. The number of nitrogens with zero attached hydrogens (tertiary/aromatic N) is 3. The summed E-state index contributed by atoms with van der Waals surface area (Å²) in [6.07, 6.45) is 3.19. The summed E-state index contributed by atoms with van der Waals surface area (Å²) in [5, 5.41) is 0. The van der Waals surface area contributed by atoms with E-state index >= 15 is 0 Å². The van der Waals surface area contributed by atoms with Crippen LogP contribution in [0.3, 0.4) is 0 Å². The first-order chi connectivity index (χ1) is 10.6. The monoisotopic (exact) mass is 293 g/mol. The molecule has 0 aliphatic heterocycles. The van der Waals surface area contributed by atoms with Crippen molar-refractivity contribution in [2.75, 3.05) is 14.1 Å². The molecule has 0 saturated carbocycles. The fraction of sp³-hybridized carbons (Fsp3) is 0.316. The first-order valence-electron chi connectivity index (χ1n) is 7.80. The molecule has 0 aliphatic rings. The van der Waals surface area contributed by atoms with E-state index < -0.39 is 0 Å².